The van der Waals surface area contributed by atoms with E-state index in [0.29, 0.717) is 6.42 Å². The molecule has 0 spiro atoms. The fourth-order valence-electron chi connectivity index (χ4n) is 1.87. The highest BCUT2D eigenvalue weighted by molar-refractivity contribution is 7.89. The van der Waals surface area contributed by atoms with Crippen molar-refractivity contribution in [1.29, 1.82) is 0 Å². The van der Waals surface area contributed by atoms with E-state index in [0.717, 1.165) is 0 Å². The van der Waals surface area contributed by atoms with Crippen LogP contribution in [-0.2, 0) is 10.0 Å². The normalized spacial score (nSPS) is 13.7. The van der Waals surface area contributed by atoms with Crippen LogP contribution < -0.4 is 10.5 Å². The maximum atomic E-state index is 12.3. The van der Waals surface area contributed by atoms with E-state index in [1.54, 1.807) is 0 Å². The average molecular weight is 341 g/mol. The summed E-state index contributed by atoms with van der Waals surface area (Å²) in [5.41, 5.74) is 5.64. The van der Waals surface area contributed by atoms with Crippen LogP contribution in [0.2, 0.25) is 10.0 Å². The largest absolute Gasteiger partial charge is 0.398 e. The van der Waals surface area contributed by atoms with E-state index in [4.69, 9.17) is 28.9 Å². The Labute approximate surface area is 129 Å². The van der Waals surface area contributed by atoms with E-state index in [-0.39, 0.29) is 33.2 Å². The molecule has 0 aliphatic rings. The van der Waals surface area contributed by atoms with Gasteiger partial charge in [-0.15, -0.1) is 0 Å². The van der Waals surface area contributed by atoms with Crippen molar-refractivity contribution >= 4 is 38.9 Å². The molecule has 1 aromatic carbocycles. The van der Waals surface area contributed by atoms with Crippen molar-refractivity contribution in [3.05, 3.63) is 22.2 Å². The third-order valence-electron chi connectivity index (χ3n) is 2.60. The van der Waals surface area contributed by atoms with Gasteiger partial charge in [-0.2, -0.15) is 0 Å². The minimum Gasteiger partial charge on any atom is -0.398 e. The lowest BCUT2D eigenvalue weighted by Crippen LogP contribution is -2.38. The van der Waals surface area contributed by atoms with Gasteiger partial charge in [0.1, 0.15) is 4.90 Å². The molecule has 0 saturated carbocycles. The number of benzene rings is 1. The zero-order valence-corrected chi connectivity index (χ0v) is 13.6. The summed E-state index contributed by atoms with van der Waals surface area (Å²) in [5, 5.41) is 9.46. The molecule has 0 heterocycles. The van der Waals surface area contributed by atoms with Crippen LogP contribution in [0.4, 0.5) is 5.69 Å². The molecule has 0 aliphatic carbocycles. The third-order valence-corrected chi connectivity index (χ3v) is 4.87. The standard InChI is InChI=1S/C12H18Cl2N2O3S/c1-7(2)3-9(6-17)16-20(18,19)12-10(14)4-8(13)5-11(12)15/h4-5,7,9,16-17H,3,6,15H2,1-2H3. The highest BCUT2D eigenvalue weighted by Crippen LogP contribution is 2.31. The predicted molar refractivity (Wildman–Crippen MR) is 81.5 cm³/mol. The van der Waals surface area contributed by atoms with E-state index >= 15 is 0 Å². The second-order valence-electron chi connectivity index (χ2n) is 4.94. The summed E-state index contributed by atoms with van der Waals surface area (Å²) in [4.78, 5) is -0.217. The van der Waals surface area contributed by atoms with Crippen molar-refractivity contribution in [1.82, 2.24) is 4.72 Å². The van der Waals surface area contributed by atoms with Crippen LogP contribution in [-0.4, -0.2) is 26.2 Å². The van der Waals surface area contributed by atoms with Crippen LogP contribution in [0.25, 0.3) is 0 Å². The topological polar surface area (TPSA) is 92.4 Å². The molecule has 0 radical (unpaired) electrons. The van der Waals surface area contributed by atoms with Crippen LogP contribution >= 0.6 is 23.2 Å². The molecule has 1 unspecified atom stereocenters. The molecule has 0 amide bonds. The summed E-state index contributed by atoms with van der Waals surface area (Å²) in [6.07, 6.45) is 0.501. The quantitative estimate of drug-likeness (QED) is 0.692. The lowest BCUT2D eigenvalue weighted by molar-refractivity contribution is 0.240. The van der Waals surface area contributed by atoms with Crippen molar-refractivity contribution < 1.29 is 13.5 Å². The average Bonchev–Trinajstić information content (AvgIpc) is 2.24. The molecule has 0 aromatic heterocycles. The van der Waals surface area contributed by atoms with Gasteiger partial charge in [0.2, 0.25) is 10.0 Å². The fourth-order valence-corrected chi connectivity index (χ4v) is 4.10. The van der Waals surface area contributed by atoms with Crippen LogP contribution in [0.1, 0.15) is 20.3 Å². The van der Waals surface area contributed by atoms with Crippen molar-refractivity contribution in [3.63, 3.8) is 0 Å². The first-order valence-corrected chi connectivity index (χ1v) is 8.29. The number of aliphatic hydroxyl groups excluding tert-OH is 1. The summed E-state index contributed by atoms with van der Waals surface area (Å²) in [7, 11) is -3.92. The van der Waals surface area contributed by atoms with Gasteiger partial charge in [-0.25, -0.2) is 13.1 Å². The number of hydrogen-bond acceptors (Lipinski definition) is 4. The van der Waals surface area contributed by atoms with Crippen LogP contribution in [0, 0.1) is 5.92 Å². The molecular weight excluding hydrogens is 323 g/mol. The summed E-state index contributed by atoms with van der Waals surface area (Å²) >= 11 is 11.7. The van der Waals surface area contributed by atoms with Gasteiger partial charge in [0.05, 0.1) is 17.3 Å². The highest BCUT2D eigenvalue weighted by Gasteiger charge is 2.25. The molecule has 4 N–H and O–H groups in total. The summed E-state index contributed by atoms with van der Waals surface area (Å²) in [6, 6.07) is 2.04. The van der Waals surface area contributed by atoms with Crippen molar-refractivity contribution in [2.75, 3.05) is 12.3 Å². The zero-order chi connectivity index (χ0) is 15.5. The van der Waals surface area contributed by atoms with Gasteiger partial charge in [0.25, 0.3) is 0 Å². The van der Waals surface area contributed by atoms with Gasteiger partial charge in [0, 0.05) is 11.1 Å². The Hall–Kier alpha value is -0.530. The number of sulfonamides is 1. The van der Waals surface area contributed by atoms with Gasteiger partial charge in [-0.3, -0.25) is 0 Å². The highest BCUT2D eigenvalue weighted by atomic mass is 35.5. The van der Waals surface area contributed by atoms with Crippen LogP contribution in [0.5, 0.6) is 0 Å². The van der Waals surface area contributed by atoms with Crippen molar-refractivity contribution in [2.24, 2.45) is 5.92 Å². The molecule has 0 fully saturated rings. The molecule has 0 saturated heterocycles. The number of nitrogen functional groups attached to an aromatic ring is 1. The van der Waals surface area contributed by atoms with E-state index < -0.39 is 16.1 Å². The molecule has 1 rings (SSSR count). The molecule has 0 aliphatic heterocycles. The van der Waals surface area contributed by atoms with Gasteiger partial charge >= 0.3 is 0 Å². The molecular formula is C12H18Cl2N2O3S. The third kappa shape index (κ3) is 4.49. The van der Waals surface area contributed by atoms with Gasteiger partial charge in [0.15, 0.2) is 0 Å². The summed E-state index contributed by atoms with van der Waals surface area (Å²) in [6.45, 7) is 3.56. The number of nitrogens with one attached hydrogen (secondary N) is 1. The predicted octanol–water partition coefficient (Wildman–Crippen LogP) is 2.26. The number of hydrogen-bond donors (Lipinski definition) is 3. The number of halogens is 2. The van der Waals surface area contributed by atoms with Crippen molar-refractivity contribution in [2.45, 2.75) is 31.2 Å². The Morgan fingerprint density at radius 1 is 1.35 bits per heavy atom. The Kier molecular flexibility index (Phi) is 6.09. The van der Waals surface area contributed by atoms with E-state index in [1.807, 2.05) is 13.8 Å². The van der Waals surface area contributed by atoms with Crippen LogP contribution in [0.3, 0.4) is 0 Å². The minimum atomic E-state index is -3.92. The van der Waals surface area contributed by atoms with Gasteiger partial charge in [-0.1, -0.05) is 37.0 Å². The summed E-state index contributed by atoms with van der Waals surface area (Å²) < 4.78 is 27.0. The Morgan fingerprint density at radius 2 is 1.95 bits per heavy atom. The van der Waals surface area contributed by atoms with Crippen molar-refractivity contribution in [3.8, 4) is 0 Å². The molecule has 1 atom stereocenters. The number of rotatable bonds is 6. The van der Waals surface area contributed by atoms with Gasteiger partial charge in [-0.05, 0) is 24.5 Å². The maximum Gasteiger partial charge on any atom is 0.244 e. The lowest BCUT2D eigenvalue weighted by Gasteiger charge is -2.19. The molecule has 8 heteroatoms. The second-order valence-corrected chi connectivity index (χ2v) is 7.43. The van der Waals surface area contributed by atoms with E-state index in [1.165, 1.54) is 12.1 Å². The van der Waals surface area contributed by atoms with Gasteiger partial charge < -0.3 is 10.8 Å². The monoisotopic (exact) mass is 340 g/mol. The minimum absolute atomic E-state index is 0.0313. The Morgan fingerprint density at radius 3 is 2.40 bits per heavy atom. The molecule has 20 heavy (non-hydrogen) atoms. The first-order valence-electron chi connectivity index (χ1n) is 6.05. The first-order chi connectivity index (χ1) is 9.17. The molecule has 0 bridgehead atoms. The first kappa shape index (κ1) is 17.5. The molecule has 1 aromatic rings. The maximum absolute atomic E-state index is 12.3. The number of nitrogens with two attached hydrogens (primary N) is 1. The van der Waals surface area contributed by atoms with E-state index in [2.05, 4.69) is 4.72 Å². The SMILES string of the molecule is CC(C)CC(CO)NS(=O)(=O)c1c(N)cc(Cl)cc1Cl. The molecule has 5 nitrogen and oxygen atoms in total. The zero-order valence-electron chi connectivity index (χ0n) is 11.2. The second kappa shape index (κ2) is 6.95. The molecule has 114 valence electrons. The Bertz CT molecular complexity index is 553. The lowest BCUT2D eigenvalue weighted by atomic mass is 10.1. The Balaban J connectivity index is 3.11. The smallest absolute Gasteiger partial charge is 0.244 e. The van der Waals surface area contributed by atoms with Crippen LogP contribution in [0.15, 0.2) is 17.0 Å². The number of aliphatic hydroxyl groups is 1. The van der Waals surface area contributed by atoms with E-state index in [9.17, 15) is 13.5 Å². The number of anilines is 1. The summed E-state index contributed by atoms with van der Waals surface area (Å²) in [5.74, 6) is 0.230. The fraction of sp³-hybridized carbons (Fsp3) is 0.500.